The maximum absolute atomic E-state index is 15.5. The third-order valence-electron chi connectivity index (χ3n) is 11.3. The van der Waals surface area contributed by atoms with E-state index < -0.39 is 5.82 Å². The number of nitrogens with one attached hydrogen (secondary N) is 3. The third kappa shape index (κ3) is 10.3. The van der Waals surface area contributed by atoms with Crippen molar-refractivity contribution in [3.05, 3.63) is 88.7 Å². The zero-order valence-corrected chi connectivity index (χ0v) is 32.9. The van der Waals surface area contributed by atoms with E-state index in [0.29, 0.717) is 60.7 Å². The quantitative estimate of drug-likeness (QED) is 0.104. The lowest BCUT2D eigenvalue weighted by Crippen LogP contribution is -2.40. The number of benzene rings is 3. The van der Waals surface area contributed by atoms with Gasteiger partial charge in [0.05, 0.1) is 13.2 Å². The zero-order chi connectivity index (χ0) is 38.4. The minimum Gasteiger partial charge on any atom is -0.487 e. The van der Waals surface area contributed by atoms with E-state index in [4.69, 9.17) is 14.2 Å². The highest BCUT2D eigenvalue weighted by Gasteiger charge is 2.41. The van der Waals surface area contributed by atoms with Gasteiger partial charge in [-0.3, -0.25) is 9.59 Å². The van der Waals surface area contributed by atoms with Gasteiger partial charge in [0.1, 0.15) is 18.2 Å². The van der Waals surface area contributed by atoms with Crippen LogP contribution in [0.4, 0.5) is 9.52 Å². The molecule has 3 aliphatic rings. The summed E-state index contributed by atoms with van der Waals surface area (Å²) in [6.45, 7) is 8.75. The van der Waals surface area contributed by atoms with Gasteiger partial charge in [0.2, 0.25) is 11.8 Å². The molecule has 9 nitrogen and oxygen atoms in total. The van der Waals surface area contributed by atoms with Gasteiger partial charge in [0, 0.05) is 48.6 Å². The molecule has 1 aromatic heterocycles. The summed E-state index contributed by atoms with van der Waals surface area (Å²) in [5.41, 5.74) is 4.42. The van der Waals surface area contributed by atoms with Gasteiger partial charge in [0.15, 0.2) is 16.6 Å². The molecule has 2 saturated carbocycles. The lowest BCUT2D eigenvalue weighted by Gasteiger charge is -2.47. The van der Waals surface area contributed by atoms with E-state index in [1.165, 1.54) is 36.7 Å². The molecule has 3 atom stereocenters. The average molecular weight is 769 g/mol. The molecule has 2 aliphatic carbocycles. The minimum atomic E-state index is -0.397. The number of carbonyl (C=O) groups is 2. The van der Waals surface area contributed by atoms with Crippen LogP contribution in [0.15, 0.2) is 66.2 Å². The number of amides is 2. The number of thiazole rings is 1. The summed E-state index contributed by atoms with van der Waals surface area (Å²) < 4.78 is 33.9. The molecule has 0 saturated heterocycles. The summed E-state index contributed by atoms with van der Waals surface area (Å²) in [5, 5.41) is 11.8. The molecule has 2 bridgehead atoms. The van der Waals surface area contributed by atoms with Gasteiger partial charge in [-0.15, -0.1) is 11.3 Å². The molecule has 292 valence electrons. The van der Waals surface area contributed by atoms with E-state index in [0.717, 1.165) is 59.3 Å². The highest BCUT2D eigenvalue weighted by atomic mass is 32.1. The molecule has 2 heterocycles. The number of ether oxygens (including phenoxy) is 3. The number of rotatable bonds is 15. The van der Waals surface area contributed by atoms with Crippen LogP contribution in [0.3, 0.4) is 0 Å². The normalized spacial score (nSPS) is 23.1. The van der Waals surface area contributed by atoms with Gasteiger partial charge >= 0.3 is 0 Å². The maximum atomic E-state index is 15.5. The fourth-order valence-corrected chi connectivity index (χ4v) is 9.74. The van der Waals surface area contributed by atoms with Crippen LogP contribution in [-0.2, 0) is 20.7 Å². The smallest absolute Gasteiger partial charge is 0.228 e. The monoisotopic (exact) mass is 768 g/mol. The van der Waals surface area contributed by atoms with E-state index in [9.17, 15) is 9.59 Å². The molecule has 3 N–H and O–H groups in total. The maximum Gasteiger partial charge on any atom is 0.228 e. The van der Waals surface area contributed by atoms with Crippen LogP contribution in [0.25, 0.3) is 11.1 Å². The first-order chi connectivity index (χ1) is 26.6. The SMILES string of the molecule is Cc1ccc(-c2ccc(Oc3cc4c(cc3OCCOCCNC(=O)CC3(C)CC5CC(C)CC(C5)C3)CCN[C@@H]4CC(=O)Nc3nccs3)cc2F)cc1. The molecule has 2 unspecified atom stereocenters. The van der Waals surface area contributed by atoms with E-state index >= 15 is 4.39 Å². The molecule has 11 heteroatoms. The topological polar surface area (TPSA) is 111 Å². The lowest BCUT2D eigenvalue weighted by atomic mass is 9.58. The second kappa shape index (κ2) is 17.6. The molecule has 2 fully saturated rings. The van der Waals surface area contributed by atoms with Crippen molar-refractivity contribution in [1.82, 2.24) is 15.6 Å². The molecule has 0 spiro atoms. The summed E-state index contributed by atoms with van der Waals surface area (Å²) in [6.07, 6.45) is 9.41. The van der Waals surface area contributed by atoms with Gasteiger partial charge in [0.25, 0.3) is 0 Å². The third-order valence-corrected chi connectivity index (χ3v) is 12.0. The number of aryl methyl sites for hydroxylation is 1. The van der Waals surface area contributed by atoms with Crippen molar-refractivity contribution < 1.29 is 28.2 Å². The standard InChI is InChI=1S/C44H53FN4O5S/c1-28-4-6-32(7-5-28)35-9-8-34(22-37(35)45)54-40-23-36-33(10-11-46-38(36)24-41(50)49-43-48-13-17-55-43)21-39(40)53-16-15-52-14-12-47-42(51)27-44(3)25-30-18-29(2)19-31(20-30)26-44/h4-9,13,17,21-23,29-31,38,46H,10-12,14-16,18-20,24-27H2,1-3H3,(H,47,51)(H,48,49,50)/t29?,30?,31?,38-,44?/m1/s1. The van der Waals surface area contributed by atoms with Gasteiger partial charge in [-0.2, -0.15) is 0 Å². The van der Waals surface area contributed by atoms with Crippen LogP contribution in [0.2, 0.25) is 0 Å². The summed E-state index contributed by atoms with van der Waals surface area (Å²) in [5.74, 6) is 3.13. The first-order valence-electron chi connectivity index (χ1n) is 19.7. The number of hydrogen-bond donors (Lipinski definition) is 3. The summed E-state index contributed by atoms with van der Waals surface area (Å²) in [7, 11) is 0. The largest absolute Gasteiger partial charge is 0.487 e. The Kier molecular flexibility index (Phi) is 12.5. The number of fused-ring (bicyclic) bond motifs is 3. The zero-order valence-electron chi connectivity index (χ0n) is 32.1. The first kappa shape index (κ1) is 38.9. The number of anilines is 1. The minimum absolute atomic E-state index is 0.0835. The fourth-order valence-electron chi connectivity index (χ4n) is 9.20. The second-order valence-corrected chi connectivity index (χ2v) is 17.1. The number of carbonyl (C=O) groups excluding carboxylic acids is 2. The van der Waals surface area contributed by atoms with Gasteiger partial charge < -0.3 is 30.2 Å². The average Bonchev–Trinajstić information content (AvgIpc) is 3.64. The Bertz CT molecular complexity index is 1920. The molecule has 55 heavy (non-hydrogen) atoms. The Morgan fingerprint density at radius 3 is 2.53 bits per heavy atom. The Morgan fingerprint density at radius 1 is 0.982 bits per heavy atom. The van der Waals surface area contributed by atoms with Gasteiger partial charge in [-0.1, -0.05) is 43.7 Å². The molecule has 4 aromatic rings. The van der Waals surface area contributed by atoms with Crippen LogP contribution in [0.5, 0.6) is 17.2 Å². The van der Waals surface area contributed by atoms with Crippen molar-refractivity contribution in [1.29, 1.82) is 0 Å². The molecular formula is C44H53FN4O5S. The van der Waals surface area contributed by atoms with Crippen LogP contribution < -0.4 is 25.4 Å². The highest BCUT2D eigenvalue weighted by Crippen LogP contribution is 2.51. The Hall–Kier alpha value is -4.32. The first-order valence-corrected chi connectivity index (χ1v) is 20.6. The van der Waals surface area contributed by atoms with Crippen molar-refractivity contribution in [3.8, 4) is 28.4 Å². The van der Waals surface area contributed by atoms with Crippen molar-refractivity contribution in [2.45, 2.75) is 78.2 Å². The van der Waals surface area contributed by atoms with E-state index in [1.54, 1.807) is 18.3 Å². The van der Waals surface area contributed by atoms with Crippen LogP contribution in [0, 0.1) is 35.9 Å². The van der Waals surface area contributed by atoms with Crippen LogP contribution >= 0.6 is 11.3 Å². The molecule has 2 amide bonds. The molecule has 0 radical (unpaired) electrons. The van der Waals surface area contributed by atoms with E-state index in [1.807, 2.05) is 48.7 Å². The number of aromatic nitrogens is 1. The molecule has 1 aliphatic heterocycles. The Morgan fingerprint density at radius 2 is 1.78 bits per heavy atom. The van der Waals surface area contributed by atoms with Crippen molar-refractivity contribution in [2.24, 2.45) is 23.2 Å². The molecular weight excluding hydrogens is 716 g/mol. The number of nitrogens with zero attached hydrogens (tertiary/aromatic N) is 1. The lowest BCUT2D eigenvalue weighted by molar-refractivity contribution is -0.125. The Labute approximate surface area is 327 Å². The second-order valence-electron chi connectivity index (χ2n) is 16.2. The highest BCUT2D eigenvalue weighted by molar-refractivity contribution is 7.13. The van der Waals surface area contributed by atoms with Crippen LogP contribution in [0.1, 0.15) is 81.5 Å². The summed E-state index contributed by atoms with van der Waals surface area (Å²) >= 11 is 1.37. The predicted octanol–water partition coefficient (Wildman–Crippen LogP) is 9.02. The summed E-state index contributed by atoms with van der Waals surface area (Å²) in [6, 6.07) is 16.1. The van der Waals surface area contributed by atoms with Crippen molar-refractivity contribution in [3.63, 3.8) is 0 Å². The molecule has 7 rings (SSSR count). The van der Waals surface area contributed by atoms with E-state index in [-0.39, 0.29) is 36.3 Å². The van der Waals surface area contributed by atoms with Gasteiger partial charge in [-0.25, -0.2) is 9.37 Å². The predicted molar refractivity (Wildman–Crippen MR) is 214 cm³/mol. The Balaban J connectivity index is 0.969. The fraction of sp³-hybridized carbons (Fsp3) is 0.477. The molecule has 3 aromatic carbocycles. The van der Waals surface area contributed by atoms with Crippen molar-refractivity contribution in [2.75, 3.05) is 38.2 Å². The van der Waals surface area contributed by atoms with Crippen molar-refractivity contribution >= 4 is 28.3 Å². The number of hydrogen-bond acceptors (Lipinski definition) is 8. The van der Waals surface area contributed by atoms with E-state index in [2.05, 4.69) is 34.8 Å². The van der Waals surface area contributed by atoms with Crippen LogP contribution in [-0.4, -0.2) is 49.7 Å². The van der Waals surface area contributed by atoms with Gasteiger partial charge in [-0.05, 0) is 116 Å². The summed E-state index contributed by atoms with van der Waals surface area (Å²) in [4.78, 5) is 30.0. The number of halogens is 1.